The number of hydrogen-bond donors (Lipinski definition) is 2. The summed E-state index contributed by atoms with van der Waals surface area (Å²) in [7, 11) is 0. The molecule has 2 unspecified atom stereocenters. The van der Waals surface area contributed by atoms with Gasteiger partial charge in [-0.15, -0.1) is 0 Å². The van der Waals surface area contributed by atoms with Gasteiger partial charge in [0.15, 0.2) is 0 Å². The summed E-state index contributed by atoms with van der Waals surface area (Å²) < 4.78 is 1.62. The molecule has 0 spiro atoms. The van der Waals surface area contributed by atoms with Gasteiger partial charge in [0.05, 0.1) is 41.7 Å². The van der Waals surface area contributed by atoms with Crippen molar-refractivity contribution < 1.29 is 10.2 Å². The molecule has 1 aliphatic carbocycles. The Morgan fingerprint density at radius 2 is 1.77 bits per heavy atom. The van der Waals surface area contributed by atoms with Crippen LogP contribution in [0.4, 0.5) is 0 Å². The topological polar surface area (TPSA) is 88.2 Å². The Hall–Kier alpha value is -3.09. The number of benzene rings is 2. The van der Waals surface area contributed by atoms with Crippen LogP contribution < -0.4 is 5.56 Å². The second-order valence-corrected chi connectivity index (χ2v) is 8.30. The standard InChI is InChI=1S/C25H25N3O3/c29-14-21-16(6-5-11-26-21)12-17-13-20-24(19-8-2-1-7-18(17)19)27-15-28(25(20)31)22-9-3-4-10-23(22)30/h1-2,5-8,11,13,15,22-23,29-30H,3-4,9-10,12,14H2. The summed E-state index contributed by atoms with van der Waals surface area (Å²) in [6.07, 6.45) is 6.79. The number of aliphatic hydroxyl groups excluding tert-OH is 2. The van der Waals surface area contributed by atoms with Gasteiger partial charge in [0.2, 0.25) is 0 Å². The lowest BCUT2D eigenvalue weighted by molar-refractivity contribution is 0.0735. The van der Waals surface area contributed by atoms with Gasteiger partial charge < -0.3 is 10.2 Å². The molecule has 0 amide bonds. The molecule has 6 nitrogen and oxygen atoms in total. The van der Waals surface area contributed by atoms with E-state index in [-0.39, 0.29) is 18.2 Å². The van der Waals surface area contributed by atoms with E-state index < -0.39 is 6.10 Å². The lowest BCUT2D eigenvalue weighted by atomic mass is 9.92. The van der Waals surface area contributed by atoms with E-state index in [1.54, 1.807) is 17.1 Å². The third-order valence-corrected chi connectivity index (χ3v) is 6.44. The summed E-state index contributed by atoms with van der Waals surface area (Å²) in [5, 5.41) is 22.7. The van der Waals surface area contributed by atoms with Gasteiger partial charge in [0.1, 0.15) is 0 Å². The van der Waals surface area contributed by atoms with E-state index in [1.165, 1.54) is 0 Å². The number of nitrogens with zero attached hydrogens (tertiary/aromatic N) is 3. The molecule has 0 saturated heterocycles. The van der Waals surface area contributed by atoms with Gasteiger partial charge in [0.25, 0.3) is 5.56 Å². The van der Waals surface area contributed by atoms with Gasteiger partial charge in [-0.1, -0.05) is 43.2 Å². The van der Waals surface area contributed by atoms with Crippen molar-refractivity contribution >= 4 is 21.7 Å². The maximum atomic E-state index is 13.5. The van der Waals surface area contributed by atoms with Crippen molar-refractivity contribution in [2.45, 2.75) is 50.9 Å². The fraction of sp³-hybridized carbons (Fsp3) is 0.320. The predicted octanol–water partition coefficient (Wildman–Crippen LogP) is 3.50. The van der Waals surface area contributed by atoms with Gasteiger partial charge in [-0.2, -0.15) is 0 Å². The number of aliphatic hydroxyl groups is 2. The molecule has 2 heterocycles. The first-order valence-corrected chi connectivity index (χ1v) is 10.8. The second kappa shape index (κ2) is 8.21. The average Bonchev–Trinajstić information content (AvgIpc) is 2.81. The van der Waals surface area contributed by atoms with Crippen LogP contribution >= 0.6 is 0 Å². The molecule has 5 rings (SSSR count). The highest BCUT2D eigenvalue weighted by Crippen LogP contribution is 2.30. The molecule has 0 radical (unpaired) electrons. The SMILES string of the molecule is O=c1c2cc(Cc3cccnc3CO)c3ccccc3c2ncn1C1CCCCC1O. The maximum Gasteiger partial charge on any atom is 0.261 e. The number of rotatable bonds is 4. The Morgan fingerprint density at radius 3 is 2.58 bits per heavy atom. The van der Waals surface area contributed by atoms with Crippen molar-refractivity contribution in [1.82, 2.24) is 14.5 Å². The monoisotopic (exact) mass is 415 g/mol. The van der Waals surface area contributed by atoms with Crippen molar-refractivity contribution in [1.29, 1.82) is 0 Å². The van der Waals surface area contributed by atoms with Crippen LogP contribution in [-0.2, 0) is 13.0 Å². The van der Waals surface area contributed by atoms with Crippen molar-refractivity contribution in [3.05, 3.63) is 82.2 Å². The minimum atomic E-state index is -0.520. The highest BCUT2D eigenvalue weighted by molar-refractivity contribution is 6.06. The van der Waals surface area contributed by atoms with Crippen molar-refractivity contribution in [3.63, 3.8) is 0 Å². The Bertz CT molecular complexity index is 1310. The highest BCUT2D eigenvalue weighted by Gasteiger charge is 2.26. The zero-order chi connectivity index (χ0) is 21.4. The van der Waals surface area contributed by atoms with Crippen LogP contribution in [0.15, 0.2) is 59.8 Å². The quantitative estimate of drug-likeness (QED) is 0.498. The van der Waals surface area contributed by atoms with E-state index in [4.69, 9.17) is 0 Å². The van der Waals surface area contributed by atoms with Crippen molar-refractivity contribution in [2.24, 2.45) is 0 Å². The molecule has 2 atom stereocenters. The van der Waals surface area contributed by atoms with Crippen LogP contribution in [0, 0.1) is 0 Å². The first-order chi connectivity index (χ1) is 15.2. The highest BCUT2D eigenvalue weighted by atomic mass is 16.3. The first kappa shape index (κ1) is 19.8. The fourth-order valence-electron chi connectivity index (χ4n) is 4.83. The first-order valence-electron chi connectivity index (χ1n) is 10.8. The Labute approximate surface area is 179 Å². The summed E-state index contributed by atoms with van der Waals surface area (Å²) in [5.74, 6) is 0. The molecule has 1 fully saturated rings. The normalized spacial score (nSPS) is 19.2. The van der Waals surface area contributed by atoms with Crippen LogP contribution in [0.1, 0.15) is 48.5 Å². The van der Waals surface area contributed by atoms with Gasteiger partial charge in [-0.25, -0.2) is 4.98 Å². The van der Waals surface area contributed by atoms with Crippen molar-refractivity contribution in [3.8, 4) is 0 Å². The molecule has 158 valence electrons. The summed E-state index contributed by atoms with van der Waals surface area (Å²) >= 11 is 0. The van der Waals surface area contributed by atoms with Gasteiger partial charge in [-0.05, 0) is 47.9 Å². The third-order valence-electron chi connectivity index (χ3n) is 6.44. The average molecular weight is 415 g/mol. The number of hydrogen-bond acceptors (Lipinski definition) is 5. The molecular weight excluding hydrogens is 390 g/mol. The summed E-state index contributed by atoms with van der Waals surface area (Å²) in [6, 6.07) is 13.5. The zero-order valence-electron chi connectivity index (χ0n) is 17.2. The van der Waals surface area contributed by atoms with E-state index in [1.807, 2.05) is 42.5 Å². The second-order valence-electron chi connectivity index (χ2n) is 8.30. The van der Waals surface area contributed by atoms with Crippen LogP contribution in [0.5, 0.6) is 0 Å². The Kier molecular flexibility index (Phi) is 5.26. The molecular formula is C25H25N3O3. The number of pyridine rings is 1. The molecule has 31 heavy (non-hydrogen) atoms. The van der Waals surface area contributed by atoms with Gasteiger partial charge in [-0.3, -0.25) is 14.3 Å². The number of fused-ring (bicyclic) bond motifs is 3. The van der Waals surface area contributed by atoms with E-state index in [2.05, 4.69) is 9.97 Å². The van der Waals surface area contributed by atoms with E-state index >= 15 is 0 Å². The Balaban J connectivity index is 1.71. The fourth-order valence-corrected chi connectivity index (χ4v) is 4.83. The zero-order valence-corrected chi connectivity index (χ0v) is 17.2. The predicted molar refractivity (Wildman–Crippen MR) is 120 cm³/mol. The lowest BCUT2D eigenvalue weighted by Gasteiger charge is -2.29. The summed E-state index contributed by atoms with van der Waals surface area (Å²) in [4.78, 5) is 22.4. The van der Waals surface area contributed by atoms with Crippen molar-refractivity contribution in [2.75, 3.05) is 0 Å². The van der Waals surface area contributed by atoms with Crippen LogP contribution in [0.25, 0.3) is 21.7 Å². The van der Waals surface area contributed by atoms with Crippen LogP contribution in [0.3, 0.4) is 0 Å². The third kappa shape index (κ3) is 3.52. The molecule has 2 aromatic heterocycles. The minimum absolute atomic E-state index is 0.114. The van der Waals surface area contributed by atoms with Gasteiger partial charge in [0, 0.05) is 11.6 Å². The van der Waals surface area contributed by atoms with Crippen LogP contribution in [0.2, 0.25) is 0 Å². The minimum Gasteiger partial charge on any atom is -0.391 e. The van der Waals surface area contributed by atoms with Crippen LogP contribution in [-0.4, -0.2) is 30.9 Å². The molecule has 4 aromatic rings. The van der Waals surface area contributed by atoms with E-state index in [9.17, 15) is 15.0 Å². The molecule has 2 N–H and O–H groups in total. The summed E-state index contributed by atoms with van der Waals surface area (Å²) in [6.45, 7) is -0.129. The van der Waals surface area contributed by atoms with E-state index in [0.29, 0.717) is 29.4 Å². The molecule has 2 aromatic carbocycles. The smallest absolute Gasteiger partial charge is 0.261 e. The lowest BCUT2D eigenvalue weighted by Crippen LogP contribution is -2.34. The molecule has 0 aliphatic heterocycles. The summed E-state index contributed by atoms with van der Waals surface area (Å²) in [5.41, 5.74) is 3.13. The molecule has 1 aliphatic rings. The molecule has 0 bridgehead atoms. The van der Waals surface area contributed by atoms with Gasteiger partial charge >= 0.3 is 0 Å². The Morgan fingerprint density at radius 1 is 0.968 bits per heavy atom. The largest absolute Gasteiger partial charge is 0.391 e. The number of aromatic nitrogens is 3. The maximum absolute atomic E-state index is 13.5. The molecule has 1 saturated carbocycles. The van der Waals surface area contributed by atoms with E-state index in [0.717, 1.165) is 41.2 Å². The molecule has 6 heteroatoms.